The summed E-state index contributed by atoms with van der Waals surface area (Å²) in [5.74, 6) is -0.327. The van der Waals surface area contributed by atoms with Gasteiger partial charge in [-0.3, -0.25) is 4.90 Å². The first-order valence-electron chi connectivity index (χ1n) is 9.31. The lowest BCUT2D eigenvalue weighted by Gasteiger charge is -2.25. The van der Waals surface area contributed by atoms with Crippen LogP contribution in [0.1, 0.15) is 41.1 Å². The summed E-state index contributed by atoms with van der Waals surface area (Å²) >= 11 is 0. The largest absolute Gasteiger partial charge is 0.466 e. The Morgan fingerprint density at radius 2 is 1.88 bits per heavy atom. The fourth-order valence-electron chi connectivity index (χ4n) is 3.56. The number of carbonyl (C=O) groups excluding carboxylic acids is 1. The van der Waals surface area contributed by atoms with Crippen LogP contribution in [0.5, 0.6) is 0 Å². The van der Waals surface area contributed by atoms with E-state index in [1.54, 1.807) is 6.08 Å². The molecule has 3 nitrogen and oxygen atoms in total. The van der Waals surface area contributed by atoms with Crippen molar-refractivity contribution in [2.75, 3.05) is 20.2 Å². The second-order valence-corrected chi connectivity index (χ2v) is 6.95. The van der Waals surface area contributed by atoms with Gasteiger partial charge in [0.2, 0.25) is 0 Å². The normalized spacial score (nSPS) is 17.7. The predicted octanol–water partition coefficient (Wildman–Crippen LogP) is 4.56. The predicted molar refractivity (Wildman–Crippen MR) is 106 cm³/mol. The number of esters is 1. The zero-order valence-corrected chi connectivity index (χ0v) is 15.7. The lowest BCUT2D eigenvalue weighted by Crippen LogP contribution is -2.25. The number of likely N-dealkylation sites (tertiary alicyclic amines) is 1. The van der Waals surface area contributed by atoms with Crippen LogP contribution in [0.15, 0.2) is 54.6 Å². The quantitative estimate of drug-likeness (QED) is 0.565. The number of hydrogen-bond donors (Lipinski definition) is 0. The molecule has 1 aliphatic rings. The van der Waals surface area contributed by atoms with Crippen LogP contribution >= 0.6 is 0 Å². The Balaban J connectivity index is 1.61. The van der Waals surface area contributed by atoms with E-state index in [1.165, 1.54) is 49.3 Å². The Morgan fingerprint density at radius 3 is 2.58 bits per heavy atom. The molecule has 2 aromatic rings. The first kappa shape index (κ1) is 18.4. The summed E-state index contributed by atoms with van der Waals surface area (Å²) < 4.78 is 4.63. The molecule has 0 saturated carbocycles. The standard InChI is InChI=1S/C23H27NO2/c1-18-5-7-20(8-6-18)15-17-24-16-3-4-22(24)21-12-9-19(10-13-21)11-14-23(25)26-2/h5-14,22H,3-4,15-17H2,1-2H3/t22-/m0/s1. The molecule has 1 heterocycles. The Morgan fingerprint density at radius 1 is 1.15 bits per heavy atom. The van der Waals surface area contributed by atoms with E-state index in [-0.39, 0.29) is 5.97 Å². The van der Waals surface area contributed by atoms with E-state index in [0.29, 0.717) is 6.04 Å². The number of hydrogen-bond acceptors (Lipinski definition) is 3. The third-order valence-corrected chi connectivity index (χ3v) is 5.11. The third kappa shape index (κ3) is 4.83. The number of benzene rings is 2. The van der Waals surface area contributed by atoms with Crippen LogP contribution < -0.4 is 0 Å². The lowest BCUT2D eigenvalue weighted by molar-refractivity contribution is -0.134. The topological polar surface area (TPSA) is 29.5 Å². The van der Waals surface area contributed by atoms with Gasteiger partial charge in [0.25, 0.3) is 0 Å². The van der Waals surface area contributed by atoms with Gasteiger partial charge in [-0.1, -0.05) is 54.1 Å². The van der Waals surface area contributed by atoms with Gasteiger partial charge < -0.3 is 4.74 Å². The number of ether oxygens (including phenoxy) is 1. The molecule has 26 heavy (non-hydrogen) atoms. The van der Waals surface area contributed by atoms with E-state index < -0.39 is 0 Å². The smallest absolute Gasteiger partial charge is 0.330 e. The molecule has 0 unspecified atom stereocenters. The Hall–Kier alpha value is -2.39. The molecule has 0 aromatic heterocycles. The van der Waals surface area contributed by atoms with Gasteiger partial charge >= 0.3 is 5.97 Å². The van der Waals surface area contributed by atoms with Crippen LogP contribution in [-0.2, 0) is 16.0 Å². The van der Waals surface area contributed by atoms with Crippen molar-refractivity contribution in [2.24, 2.45) is 0 Å². The summed E-state index contributed by atoms with van der Waals surface area (Å²) in [5.41, 5.74) is 5.10. The number of nitrogens with zero attached hydrogens (tertiary/aromatic N) is 1. The molecule has 3 rings (SSSR count). The second-order valence-electron chi connectivity index (χ2n) is 6.95. The fraction of sp³-hybridized carbons (Fsp3) is 0.348. The van der Waals surface area contributed by atoms with Crippen molar-refractivity contribution in [1.29, 1.82) is 0 Å². The van der Waals surface area contributed by atoms with E-state index in [0.717, 1.165) is 18.5 Å². The molecule has 1 atom stereocenters. The van der Waals surface area contributed by atoms with Gasteiger partial charge in [-0.05, 0) is 55.5 Å². The molecule has 0 amide bonds. The Kier molecular flexibility index (Phi) is 6.24. The average molecular weight is 349 g/mol. The zero-order valence-electron chi connectivity index (χ0n) is 15.7. The van der Waals surface area contributed by atoms with Crippen LogP contribution in [0, 0.1) is 6.92 Å². The van der Waals surface area contributed by atoms with E-state index in [1.807, 2.05) is 0 Å². The lowest BCUT2D eigenvalue weighted by atomic mass is 10.0. The molecule has 2 aromatic carbocycles. The molecule has 0 aliphatic carbocycles. The average Bonchev–Trinajstić information content (AvgIpc) is 3.14. The highest BCUT2D eigenvalue weighted by atomic mass is 16.5. The van der Waals surface area contributed by atoms with Crippen molar-refractivity contribution in [2.45, 2.75) is 32.2 Å². The van der Waals surface area contributed by atoms with Crippen LogP contribution in [0.25, 0.3) is 6.08 Å². The minimum atomic E-state index is -0.327. The molecular weight excluding hydrogens is 322 g/mol. The number of methoxy groups -OCH3 is 1. The molecule has 0 bridgehead atoms. The fourth-order valence-corrected chi connectivity index (χ4v) is 3.56. The van der Waals surface area contributed by atoms with E-state index in [9.17, 15) is 4.79 Å². The van der Waals surface area contributed by atoms with Crippen molar-refractivity contribution in [1.82, 2.24) is 4.90 Å². The molecule has 1 fully saturated rings. The first-order valence-corrected chi connectivity index (χ1v) is 9.31. The van der Waals surface area contributed by atoms with Gasteiger partial charge in [-0.2, -0.15) is 0 Å². The summed E-state index contributed by atoms with van der Waals surface area (Å²) in [6, 6.07) is 17.9. The summed E-state index contributed by atoms with van der Waals surface area (Å²) in [5, 5.41) is 0. The van der Waals surface area contributed by atoms with Gasteiger partial charge in [0, 0.05) is 18.7 Å². The summed E-state index contributed by atoms with van der Waals surface area (Å²) in [6.45, 7) is 4.39. The van der Waals surface area contributed by atoms with Gasteiger partial charge in [0.1, 0.15) is 0 Å². The molecule has 1 saturated heterocycles. The highest BCUT2D eigenvalue weighted by Crippen LogP contribution is 2.32. The SMILES string of the molecule is COC(=O)C=Cc1ccc([C@@H]2CCCN2CCc2ccc(C)cc2)cc1. The summed E-state index contributed by atoms with van der Waals surface area (Å²) in [6.07, 6.45) is 6.81. The summed E-state index contributed by atoms with van der Waals surface area (Å²) in [7, 11) is 1.39. The van der Waals surface area contributed by atoms with Crippen molar-refractivity contribution < 1.29 is 9.53 Å². The van der Waals surface area contributed by atoms with E-state index in [4.69, 9.17) is 0 Å². The number of rotatable bonds is 6. The van der Waals surface area contributed by atoms with E-state index in [2.05, 4.69) is 65.1 Å². The van der Waals surface area contributed by atoms with Crippen molar-refractivity contribution in [3.63, 3.8) is 0 Å². The van der Waals surface area contributed by atoms with Gasteiger partial charge in [-0.15, -0.1) is 0 Å². The van der Waals surface area contributed by atoms with Crippen molar-refractivity contribution in [3.05, 3.63) is 76.9 Å². The highest BCUT2D eigenvalue weighted by molar-refractivity contribution is 5.86. The van der Waals surface area contributed by atoms with Crippen LogP contribution in [-0.4, -0.2) is 31.1 Å². The first-order chi connectivity index (χ1) is 12.7. The van der Waals surface area contributed by atoms with Gasteiger partial charge in [-0.25, -0.2) is 4.79 Å². The molecule has 3 heteroatoms. The third-order valence-electron chi connectivity index (χ3n) is 5.11. The minimum absolute atomic E-state index is 0.327. The molecule has 0 radical (unpaired) electrons. The van der Waals surface area contributed by atoms with Crippen molar-refractivity contribution >= 4 is 12.0 Å². The Bertz CT molecular complexity index is 747. The van der Waals surface area contributed by atoms with Gasteiger partial charge in [0.15, 0.2) is 0 Å². The maximum absolute atomic E-state index is 11.2. The maximum Gasteiger partial charge on any atom is 0.330 e. The zero-order chi connectivity index (χ0) is 18.4. The molecular formula is C23H27NO2. The van der Waals surface area contributed by atoms with E-state index >= 15 is 0 Å². The second kappa shape index (κ2) is 8.81. The number of aryl methyl sites for hydroxylation is 1. The number of carbonyl (C=O) groups is 1. The molecule has 136 valence electrons. The molecule has 0 spiro atoms. The highest BCUT2D eigenvalue weighted by Gasteiger charge is 2.25. The van der Waals surface area contributed by atoms with Gasteiger partial charge in [0.05, 0.1) is 7.11 Å². The molecule has 1 aliphatic heterocycles. The molecule has 0 N–H and O–H groups in total. The van der Waals surface area contributed by atoms with Crippen molar-refractivity contribution in [3.8, 4) is 0 Å². The van der Waals surface area contributed by atoms with Crippen LogP contribution in [0.4, 0.5) is 0 Å². The van der Waals surface area contributed by atoms with Crippen LogP contribution in [0.3, 0.4) is 0 Å². The maximum atomic E-state index is 11.2. The Labute approximate surface area is 156 Å². The summed E-state index contributed by atoms with van der Waals surface area (Å²) in [4.78, 5) is 13.8. The van der Waals surface area contributed by atoms with Crippen LogP contribution in [0.2, 0.25) is 0 Å². The monoisotopic (exact) mass is 349 g/mol. The minimum Gasteiger partial charge on any atom is -0.466 e.